The number of hydrogen-bond acceptors (Lipinski definition) is 3. The Bertz CT molecular complexity index is 390. The van der Waals surface area contributed by atoms with Gasteiger partial charge in [0.05, 0.1) is 0 Å². The van der Waals surface area contributed by atoms with Gasteiger partial charge in [0.1, 0.15) is 0 Å². The molecule has 0 atom stereocenters. The van der Waals surface area contributed by atoms with Crippen molar-refractivity contribution < 1.29 is 0 Å². The second-order valence-corrected chi connectivity index (χ2v) is 2.93. The van der Waals surface area contributed by atoms with Crippen LogP contribution >= 0.6 is 11.6 Å². The van der Waals surface area contributed by atoms with Crippen molar-refractivity contribution in [2.45, 2.75) is 6.92 Å². The third-order valence-electron chi connectivity index (χ3n) is 1.55. The summed E-state index contributed by atoms with van der Waals surface area (Å²) in [6.07, 6.45) is 3.49. The zero-order valence-corrected chi connectivity index (χ0v) is 7.73. The van der Waals surface area contributed by atoms with Crippen LogP contribution in [0, 0.1) is 6.92 Å². The van der Waals surface area contributed by atoms with Crippen molar-refractivity contribution in [3.05, 3.63) is 35.5 Å². The molecular formula is C8H7ClN4. The minimum atomic E-state index is 0.241. The predicted molar refractivity (Wildman–Crippen MR) is 48.9 cm³/mol. The van der Waals surface area contributed by atoms with E-state index in [0.29, 0.717) is 5.82 Å². The summed E-state index contributed by atoms with van der Waals surface area (Å²) in [6, 6.07) is 3.64. The van der Waals surface area contributed by atoms with Crippen molar-refractivity contribution in [1.82, 2.24) is 19.7 Å². The first-order valence-electron chi connectivity index (χ1n) is 3.77. The van der Waals surface area contributed by atoms with E-state index in [4.69, 9.17) is 11.6 Å². The van der Waals surface area contributed by atoms with Crippen LogP contribution in [0.25, 0.3) is 5.82 Å². The number of hydrogen-bond donors (Lipinski definition) is 0. The lowest BCUT2D eigenvalue weighted by Gasteiger charge is -2.00. The van der Waals surface area contributed by atoms with E-state index in [1.54, 1.807) is 17.1 Å². The molecular weight excluding hydrogens is 188 g/mol. The molecule has 0 amide bonds. The monoisotopic (exact) mass is 194 g/mol. The highest BCUT2D eigenvalue weighted by Crippen LogP contribution is 2.08. The fraction of sp³-hybridized carbons (Fsp3) is 0.125. The van der Waals surface area contributed by atoms with Gasteiger partial charge in [-0.15, -0.1) is 0 Å². The summed E-state index contributed by atoms with van der Waals surface area (Å²) in [7, 11) is 0. The fourth-order valence-corrected chi connectivity index (χ4v) is 1.26. The van der Waals surface area contributed by atoms with Crippen molar-refractivity contribution in [2.75, 3.05) is 0 Å². The maximum atomic E-state index is 5.70. The molecule has 66 valence electrons. The van der Waals surface area contributed by atoms with Crippen LogP contribution in [-0.2, 0) is 0 Å². The Hall–Kier alpha value is -1.42. The van der Waals surface area contributed by atoms with E-state index in [-0.39, 0.29) is 5.28 Å². The molecule has 0 unspecified atom stereocenters. The average molecular weight is 195 g/mol. The molecule has 2 heterocycles. The molecule has 0 saturated heterocycles. The van der Waals surface area contributed by atoms with Crippen molar-refractivity contribution >= 4 is 11.6 Å². The van der Waals surface area contributed by atoms with Crippen molar-refractivity contribution in [3.63, 3.8) is 0 Å². The number of rotatable bonds is 1. The zero-order valence-electron chi connectivity index (χ0n) is 6.98. The predicted octanol–water partition coefficient (Wildman–Crippen LogP) is 1.62. The van der Waals surface area contributed by atoms with E-state index in [2.05, 4.69) is 15.1 Å². The van der Waals surface area contributed by atoms with Gasteiger partial charge in [-0.05, 0) is 24.6 Å². The Morgan fingerprint density at radius 1 is 1.38 bits per heavy atom. The van der Waals surface area contributed by atoms with Crippen molar-refractivity contribution in [2.24, 2.45) is 0 Å². The molecule has 0 aromatic carbocycles. The lowest BCUT2D eigenvalue weighted by Crippen LogP contribution is -2.00. The molecule has 0 radical (unpaired) electrons. The van der Waals surface area contributed by atoms with Gasteiger partial charge >= 0.3 is 0 Å². The molecule has 2 aromatic heterocycles. The Labute approximate surface area is 80.2 Å². The normalized spacial score (nSPS) is 10.3. The van der Waals surface area contributed by atoms with E-state index in [0.717, 1.165) is 5.69 Å². The van der Waals surface area contributed by atoms with Gasteiger partial charge in [-0.25, -0.2) is 9.67 Å². The third kappa shape index (κ3) is 1.67. The highest BCUT2D eigenvalue weighted by Gasteiger charge is 2.01. The molecule has 0 N–H and O–H groups in total. The van der Waals surface area contributed by atoms with Crippen LogP contribution in [0.15, 0.2) is 24.5 Å². The van der Waals surface area contributed by atoms with Gasteiger partial charge in [-0.2, -0.15) is 10.1 Å². The summed E-state index contributed by atoms with van der Waals surface area (Å²) in [6.45, 7) is 1.86. The minimum Gasteiger partial charge on any atom is -0.223 e. The molecule has 0 fully saturated rings. The summed E-state index contributed by atoms with van der Waals surface area (Å²) < 4.78 is 1.64. The Balaban J connectivity index is 2.53. The summed E-state index contributed by atoms with van der Waals surface area (Å²) in [5.74, 6) is 0.683. The SMILES string of the molecule is Cc1cc(-n2cccn2)nc(Cl)n1. The second kappa shape index (κ2) is 3.14. The second-order valence-electron chi connectivity index (χ2n) is 2.59. The van der Waals surface area contributed by atoms with Gasteiger partial charge in [-0.3, -0.25) is 0 Å². The number of aryl methyl sites for hydroxylation is 1. The van der Waals surface area contributed by atoms with E-state index in [9.17, 15) is 0 Å². The largest absolute Gasteiger partial charge is 0.224 e. The van der Waals surface area contributed by atoms with E-state index in [1.165, 1.54) is 0 Å². The molecule has 0 aliphatic rings. The first-order chi connectivity index (χ1) is 6.25. The fourth-order valence-electron chi connectivity index (χ4n) is 1.04. The molecule has 2 rings (SSSR count). The van der Waals surface area contributed by atoms with Gasteiger partial charge in [0, 0.05) is 24.2 Å². The van der Waals surface area contributed by atoms with E-state index in [1.807, 2.05) is 19.1 Å². The Morgan fingerprint density at radius 2 is 2.23 bits per heavy atom. The van der Waals surface area contributed by atoms with Crippen LogP contribution < -0.4 is 0 Å². The number of halogens is 1. The molecule has 0 aliphatic carbocycles. The molecule has 0 spiro atoms. The van der Waals surface area contributed by atoms with Gasteiger partial charge < -0.3 is 0 Å². The standard InChI is InChI=1S/C8H7ClN4/c1-6-5-7(12-8(9)11-6)13-4-2-3-10-13/h2-5H,1H3. The Morgan fingerprint density at radius 3 is 2.85 bits per heavy atom. The Kier molecular flexibility index (Phi) is 1.98. The van der Waals surface area contributed by atoms with Gasteiger partial charge in [0.15, 0.2) is 5.82 Å². The summed E-state index contributed by atoms with van der Waals surface area (Å²) in [5, 5.41) is 4.28. The van der Waals surface area contributed by atoms with E-state index < -0.39 is 0 Å². The highest BCUT2D eigenvalue weighted by atomic mass is 35.5. The first kappa shape index (κ1) is 8.19. The molecule has 4 nitrogen and oxygen atoms in total. The van der Waals surface area contributed by atoms with Gasteiger partial charge in [0.2, 0.25) is 5.28 Å². The molecule has 13 heavy (non-hydrogen) atoms. The smallest absolute Gasteiger partial charge is 0.223 e. The molecule has 0 aliphatic heterocycles. The lowest BCUT2D eigenvalue weighted by atomic mass is 10.4. The number of nitrogens with zero attached hydrogens (tertiary/aromatic N) is 4. The van der Waals surface area contributed by atoms with Gasteiger partial charge in [-0.1, -0.05) is 0 Å². The van der Waals surface area contributed by atoms with Crippen LogP contribution in [0.1, 0.15) is 5.69 Å². The molecule has 5 heteroatoms. The van der Waals surface area contributed by atoms with Crippen LogP contribution in [-0.4, -0.2) is 19.7 Å². The van der Waals surface area contributed by atoms with Crippen LogP contribution in [0.3, 0.4) is 0 Å². The topological polar surface area (TPSA) is 43.6 Å². The lowest BCUT2D eigenvalue weighted by molar-refractivity contribution is 0.835. The summed E-state index contributed by atoms with van der Waals surface area (Å²) in [5.41, 5.74) is 0.825. The maximum absolute atomic E-state index is 5.70. The minimum absolute atomic E-state index is 0.241. The van der Waals surface area contributed by atoms with Crippen molar-refractivity contribution in [3.8, 4) is 5.82 Å². The van der Waals surface area contributed by atoms with Crippen molar-refractivity contribution in [1.29, 1.82) is 0 Å². The van der Waals surface area contributed by atoms with Gasteiger partial charge in [0.25, 0.3) is 0 Å². The molecule has 0 saturated carbocycles. The zero-order chi connectivity index (χ0) is 9.26. The summed E-state index contributed by atoms with van der Waals surface area (Å²) in [4.78, 5) is 7.99. The molecule has 0 bridgehead atoms. The average Bonchev–Trinajstić information content (AvgIpc) is 2.53. The number of aromatic nitrogens is 4. The van der Waals surface area contributed by atoms with Crippen LogP contribution in [0.2, 0.25) is 5.28 Å². The third-order valence-corrected chi connectivity index (χ3v) is 1.72. The quantitative estimate of drug-likeness (QED) is 0.648. The van der Waals surface area contributed by atoms with E-state index >= 15 is 0 Å². The summed E-state index contributed by atoms with van der Waals surface area (Å²) >= 11 is 5.70. The van der Waals surface area contributed by atoms with Crippen LogP contribution in [0.5, 0.6) is 0 Å². The van der Waals surface area contributed by atoms with Crippen LogP contribution in [0.4, 0.5) is 0 Å². The maximum Gasteiger partial charge on any atom is 0.224 e. The first-order valence-corrected chi connectivity index (χ1v) is 4.15. The highest BCUT2D eigenvalue weighted by molar-refractivity contribution is 6.28. The molecule has 2 aromatic rings.